The van der Waals surface area contributed by atoms with E-state index >= 15 is 0 Å². The lowest BCUT2D eigenvalue weighted by atomic mass is 10.2. The van der Waals surface area contributed by atoms with E-state index in [4.69, 9.17) is 21.1 Å². The third-order valence-corrected chi connectivity index (χ3v) is 2.71. The minimum Gasteiger partial charge on any atom is -0.493 e. The predicted molar refractivity (Wildman–Crippen MR) is 71.6 cm³/mol. The average molecular weight is 306 g/mol. The first kappa shape index (κ1) is 13.4. The molecule has 0 amide bonds. The van der Waals surface area contributed by atoms with Gasteiger partial charge in [-0.05, 0) is 40.5 Å². The van der Waals surface area contributed by atoms with Crippen LogP contribution in [0.2, 0.25) is 0 Å². The van der Waals surface area contributed by atoms with Gasteiger partial charge in [-0.3, -0.25) is 0 Å². The maximum Gasteiger partial charge on any atom is 0.175 e. The Bertz CT molecular complexity index is 378. The van der Waals surface area contributed by atoms with Crippen LogP contribution < -0.4 is 9.47 Å². The van der Waals surface area contributed by atoms with Crippen LogP contribution in [-0.2, 0) is 0 Å². The molecule has 0 fully saturated rings. The summed E-state index contributed by atoms with van der Waals surface area (Å²) in [5.74, 6) is 1.94. The van der Waals surface area contributed by atoms with E-state index in [2.05, 4.69) is 15.9 Å². The van der Waals surface area contributed by atoms with Gasteiger partial charge < -0.3 is 9.47 Å². The van der Waals surface area contributed by atoms with Crippen molar-refractivity contribution in [1.29, 1.82) is 0 Å². The fraction of sp³-hybridized carbons (Fsp3) is 0.333. The Labute approximate surface area is 109 Å². The monoisotopic (exact) mass is 304 g/mol. The van der Waals surface area contributed by atoms with Crippen LogP contribution >= 0.6 is 27.5 Å². The lowest BCUT2D eigenvalue weighted by Crippen LogP contribution is -1.96. The van der Waals surface area contributed by atoms with Crippen LogP contribution in [-0.4, -0.2) is 19.6 Å². The van der Waals surface area contributed by atoms with Gasteiger partial charge in [0.2, 0.25) is 0 Å². The van der Waals surface area contributed by atoms with Gasteiger partial charge in [0.25, 0.3) is 0 Å². The van der Waals surface area contributed by atoms with Crippen molar-refractivity contribution >= 4 is 33.6 Å². The van der Waals surface area contributed by atoms with Crippen molar-refractivity contribution < 1.29 is 9.47 Å². The Morgan fingerprint density at radius 2 is 2.19 bits per heavy atom. The molecular weight excluding hydrogens is 291 g/mol. The molecule has 0 saturated carbocycles. The third-order valence-electron chi connectivity index (χ3n) is 1.94. The minimum absolute atomic E-state index is 0.493. The average Bonchev–Trinajstić information content (AvgIpc) is 2.29. The van der Waals surface area contributed by atoms with Crippen molar-refractivity contribution in [2.24, 2.45) is 0 Å². The molecule has 0 aliphatic rings. The SMILES string of the molecule is CCOc1c(Br)cc(C=CCCl)cc1OC. The van der Waals surface area contributed by atoms with Crippen LogP contribution in [0.4, 0.5) is 0 Å². The van der Waals surface area contributed by atoms with E-state index in [0.717, 1.165) is 15.8 Å². The van der Waals surface area contributed by atoms with Gasteiger partial charge in [0, 0.05) is 5.88 Å². The molecule has 88 valence electrons. The number of alkyl halides is 1. The molecule has 0 bridgehead atoms. The summed E-state index contributed by atoms with van der Waals surface area (Å²) in [4.78, 5) is 0. The Morgan fingerprint density at radius 3 is 2.75 bits per heavy atom. The molecule has 16 heavy (non-hydrogen) atoms. The molecular formula is C12H14BrClO2. The Kier molecular flexibility index (Phi) is 5.71. The van der Waals surface area contributed by atoms with Crippen molar-refractivity contribution in [1.82, 2.24) is 0 Å². The molecule has 1 aromatic rings. The van der Waals surface area contributed by atoms with Gasteiger partial charge in [-0.15, -0.1) is 11.6 Å². The Hall–Kier alpha value is -0.670. The van der Waals surface area contributed by atoms with Gasteiger partial charge in [0.05, 0.1) is 18.2 Å². The molecule has 0 N–H and O–H groups in total. The summed E-state index contributed by atoms with van der Waals surface area (Å²) in [7, 11) is 1.62. The quantitative estimate of drug-likeness (QED) is 0.762. The number of hydrogen-bond acceptors (Lipinski definition) is 2. The maximum absolute atomic E-state index is 5.59. The highest BCUT2D eigenvalue weighted by molar-refractivity contribution is 9.10. The molecule has 0 aliphatic heterocycles. The summed E-state index contributed by atoms with van der Waals surface area (Å²) in [5, 5.41) is 0. The molecule has 4 heteroatoms. The second kappa shape index (κ2) is 6.81. The van der Waals surface area contributed by atoms with Crippen LogP contribution in [0, 0.1) is 0 Å². The summed E-state index contributed by atoms with van der Waals surface area (Å²) < 4.78 is 11.7. The lowest BCUT2D eigenvalue weighted by molar-refractivity contribution is 0.309. The number of halogens is 2. The van der Waals surface area contributed by atoms with Crippen LogP contribution in [0.25, 0.3) is 6.08 Å². The van der Waals surface area contributed by atoms with Gasteiger partial charge in [0.1, 0.15) is 0 Å². The van der Waals surface area contributed by atoms with Crippen molar-refractivity contribution in [3.05, 3.63) is 28.2 Å². The predicted octanol–water partition coefficient (Wildman–Crippen LogP) is 4.11. The number of hydrogen-bond donors (Lipinski definition) is 0. The maximum atomic E-state index is 5.59. The first-order valence-electron chi connectivity index (χ1n) is 4.95. The molecule has 1 rings (SSSR count). The Balaban J connectivity index is 3.10. The smallest absolute Gasteiger partial charge is 0.175 e. The summed E-state index contributed by atoms with van der Waals surface area (Å²) in [6.07, 6.45) is 3.82. The van der Waals surface area contributed by atoms with E-state index in [-0.39, 0.29) is 0 Å². The number of rotatable bonds is 5. The van der Waals surface area contributed by atoms with Crippen molar-refractivity contribution in [3.63, 3.8) is 0 Å². The highest BCUT2D eigenvalue weighted by Crippen LogP contribution is 2.36. The molecule has 0 aromatic heterocycles. The fourth-order valence-corrected chi connectivity index (χ4v) is 1.96. The van der Waals surface area contributed by atoms with Gasteiger partial charge in [-0.25, -0.2) is 0 Å². The van der Waals surface area contributed by atoms with Gasteiger partial charge in [0.15, 0.2) is 11.5 Å². The molecule has 2 nitrogen and oxygen atoms in total. The molecule has 0 atom stereocenters. The standard InChI is InChI=1S/C12H14BrClO2/c1-3-16-12-10(13)7-9(5-4-6-14)8-11(12)15-2/h4-5,7-8H,3,6H2,1-2H3. The van der Waals surface area contributed by atoms with Crippen molar-refractivity contribution in [3.8, 4) is 11.5 Å². The number of methoxy groups -OCH3 is 1. The first-order chi connectivity index (χ1) is 7.72. The van der Waals surface area contributed by atoms with Crippen LogP contribution in [0.1, 0.15) is 12.5 Å². The normalized spacial score (nSPS) is 10.8. The summed E-state index contributed by atoms with van der Waals surface area (Å²) >= 11 is 9.05. The second-order valence-corrected chi connectivity index (χ2v) is 4.19. The van der Waals surface area contributed by atoms with E-state index < -0.39 is 0 Å². The number of benzene rings is 1. The third kappa shape index (κ3) is 3.42. The summed E-state index contributed by atoms with van der Waals surface area (Å²) in [6.45, 7) is 2.54. The van der Waals surface area contributed by atoms with E-state index in [1.807, 2.05) is 31.2 Å². The molecule has 0 unspecified atom stereocenters. The van der Waals surface area contributed by atoms with Gasteiger partial charge >= 0.3 is 0 Å². The molecule has 0 saturated heterocycles. The first-order valence-corrected chi connectivity index (χ1v) is 6.28. The molecule has 0 heterocycles. The number of ether oxygens (including phenoxy) is 2. The van der Waals surface area contributed by atoms with E-state index in [0.29, 0.717) is 18.2 Å². The Morgan fingerprint density at radius 1 is 1.44 bits per heavy atom. The fourth-order valence-electron chi connectivity index (χ4n) is 1.30. The topological polar surface area (TPSA) is 18.5 Å². The van der Waals surface area contributed by atoms with E-state index in [1.165, 1.54) is 0 Å². The van der Waals surface area contributed by atoms with E-state index in [9.17, 15) is 0 Å². The molecule has 1 aromatic carbocycles. The van der Waals surface area contributed by atoms with Gasteiger partial charge in [-0.1, -0.05) is 12.2 Å². The second-order valence-electron chi connectivity index (χ2n) is 3.02. The van der Waals surface area contributed by atoms with Crippen LogP contribution in [0.15, 0.2) is 22.7 Å². The molecule has 0 radical (unpaired) electrons. The van der Waals surface area contributed by atoms with Crippen molar-refractivity contribution in [2.75, 3.05) is 19.6 Å². The zero-order chi connectivity index (χ0) is 12.0. The highest BCUT2D eigenvalue weighted by atomic mass is 79.9. The lowest BCUT2D eigenvalue weighted by Gasteiger charge is -2.12. The van der Waals surface area contributed by atoms with Gasteiger partial charge in [-0.2, -0.15) is 0 Å². The number of allylic oxidation sites excluding steroid dienone is 1. The van der Waals surface area contributed by atoms with E-state index in [1.54, 1.807) is 7.11 Å². The zero-order valence-electron chi connectivity index (χ0n) is 9.30. The minimum atomic E-state index is 0.493. The summed E-state index contributed by atoms with van der Waals surface area (Å²) in [6, 6.07) is 3.88. The largest absolute Gasteiger partial charge is 0.493 e. The highest BCUT2D eigenvalue weighted by Gasteiger charge is 2.09. The van der Waals surface area contributed by atoms with Crippen LogP contribution in [0.5, 0.6) is 11.5 Å². The zero-order valence-corrected chi connectivity index (χ0v) is 11.6. The molecule has 0 spiro atoms. The molecule has 0 aliphatic carbocycles. The van der Waals surface area contributed by atoms with Crippen molar-refractivity contribution in [2.45, 2.75) is 6.92 Å². The summed E-state index contributed by atoms with van der Waals surface area (Å²) in [5.41, 5.74) is 1.02. The van der Waals surface area contributed by atoms with Crippen LogP contribution in [0.3, 0.4) is 0 Å².